The maximum absolute atomic E-state index is 14.1. The standard InChI is InChI=1S/C59H83N11O12/c1-34(60-3)53(76)67-47-38(32-71)21-23-40-25-27-42(69(40)58(47)81)55(78)65-45(36-16-8-5-9-17-36)44(73)20-12-7-13-29-62-49-50(52(75)51(49)74)63-30-14-15-31-64-57(80)46(37-18-10-6-11-19-37)66-56(79)43-28-26-41-24-22-39(33-72)48(59(82)70(41)43)68-54(77)35(2)61-4/h5-6,8-11,16-19,34-35,38-43,45-48,60-63,71-72H,7,12-15,20-33H2,1-4H3,(H,64,80)(H,65,78)(H,66,79)(H,67,76)(H,68,77)/t34-,35-,38+,39+,40-,41-,42-,43-,45-,46-,47-,48-/m0/s1. The summed E-state index contributed by atoms with van der Waals surface area (Å²) in [6.45, 7) is 3.61. The summed E-state index contributed by atoms with van der Waals surface area (Å²) in [7, 11) is 3.25. The van der Waals surface area contributed by atoms with Gasteiger partial charge in [0.25, 0.3) is 10.9 Å². The van der Waals surface area contributed by atoms with Gasteiger partial charge in [-0.25, -0.2) is 0 Å². The first-order valence-corrected chi connectivity index (χ1v) is 29.2. The molecule has 7 amide bonds. The van der Waals surface area contributed by atoms with E-state index < -0.39 is 112 Å². The van der Waals surface area contributed by atoms with Crippen LogP contribution in [0.3, 0.4) is 0 Å². The van der Waals surface area contributed by atoms with Crippen molar-refractivity contribution in [2.75, 3.05) is 57.6 Å². The molecular formula is C59H83N11O12. The fourth-order valence-corrected chi connectivity index (χ4v) is 11.8. The summed E-state index contributed by atoms with van der Waals surface area (Å²) in [5.41, 5.74) is 0.209. The van der Waals surface area contributed by atoms with Crippen molar-refractivity contribution in [2.24, 2.45) is 11.8 Å². The van der Waals surface area contributed by atoms with Crippen molar-refractivity contribution in [1.29, 1.82) is 0 Å². The number of nitrogens with one attached hydrogen (secondary N) is 9. The Bertz CT molecular complexity index is 2590. The number of hydrogen-bond donors (Lipinski definition) is 11. The van der Waals surface area contributed by atoms with E-state index in [4.69, 9.17) is 0 Å². The van der Waals surface area contributed by atoms with Crippen LogP contribution in [0.15, 0.2) is 70.3 Å². The SMILES string of the molecule is CN[C@@H](C)C(=O)N[C@@H]1C(=O)N2[C@@H](CC[C@@H]1CO)CC[C@H]2C(=O)N[C@H](C(=O)CCCCCNc1c(NCCCCNC(=O)[C@@H](NC(=O)[C@@H]2CC[C@@H]3CC[C@H](CO)[C@H](NC(=O)[C@H](C)NC)C(=O)N32)c2ccccc2)c(=O)c1=O)c1ccccc1. The first kappa shape index (κ1) is 62.5. The Morgan fingerprint density at radius 3 is 1.39 bits per heavy atom. The van der Waals surface area contributed by atoms with E-state index in [1.165, 1.54) is 4.90 Å². The highest BCUT2D eigenvalue weighted by molar-refractivity contribution is 5.97. The summed E-state index contributed by atoms with van der Waals surface area (Å²) < 4.78 is 0. The zero-order chi connectivity index (χ0) is 59.0. The fourth-order valence-electron chi connectivity index (χ4n) is 11.8. The number of ketones is 1. The molecule has 23 nitrogen and oxygen atoms in total. The van der Waals surface area contributed by atoms with Gasteiger partial charge in [-0.3, -0.25) is 47.9 Å². The summed E-state index contributed by atoms with van der Waals surface area (Å²) >= 11 is 0. The molecule has 4 aliphatic heterocycles. The summed E-state index contributed by atoms with van der Waals surface area (Å²) in [5.74, 6) is -4.35. The van der Waals surface area contributed by atoms with Crippen molar-refractivity contribution in [3.63, 3.8) is 0 Å². The number of unbranched alkanes of at least 4 members (excludes halogenated alkanes) is 3. The summed E-state index contributed by atoms with van der Waals surface area (Å²) in [6.07, 6.45) is 6.72. The second kappa shape index (κ2) is 29.8. The molecule has 82 heavy (non-hydrogen) atoms. The number of amides is 7. The van der Waals surface area contributed by atoms with Gasteiger partial charge in [-0.05, 0) is 116 Å². The van der Waals surface area contributed by atoms with Gasteiger partial charge < -0.3 is 67.9 Å². The van der Waals surface area contributed by atoms with Crippen LogP contribution >= 0.6 is 0 Å². The molecule has 3 aromatic rings. The van der Waals surface area contributed by atoms with Crippen molar-refractivity contribution in [1.82, 2.24) is 47.0 Å². The van der Waals surface area contributed by atoms with E-state index >= 15 is 0 Å². The van der Waals surface area contributed by atoms with E-state index in [1.54, 1.807) is 87.4 Å². The highest BCUT2D eigenvalue weighted by Gasteiger charge is 2.50. The molecule has 12 atom stereocenters. The Morgan fingerprint density at radius 1 is 0.524 bits per heavy atom. The first-order chi connectivity index (χ1) is 39.5. The van der Waals surface area contributed by atoms with Gasteiger partial charge in [0.15, 0.2) is 5.78 Å². The number of fused-ring (bicyclic) bond motifs is 2. The molecule has 0 spiro atoms. The van der Waals surface area contributed by atoms with E-state index in [1.807, 2.05) is 6.07 Å². The highest BCUT2D eigenvalue weighted by Crippen LogP contribution is 2.36. The largest absolute Gasteiger partial charge is 0.396 e. The third-order valence-electron chi connectivity index (χ3n) is 17.0. The quantitative estimate of drug-likeness (QED) is 0.0334. The van der Waals surface area contributed by atoms with E-state index in [9.17, 15) is 58.2 Å². The molecule has 0 saturated carbocycles. The topological polar surface area (TPSA) is 326 Å². The molecule has 0 bridgehead atoms. The summed E-state index contributed by atoms with van der Waals surface area (Å²) in [5, 5.41) is 46.6. The Hall–Kier alpha value is -7.08. The predicted octanol–water partition coefficient (Wildman–Crippen LogP) is 0.556. The lowest BCUT2D eigenvalue weighted by Gasteiger charge is -2.33. The zero-order valence-corrected chi connectivity index (χ0v) is 47.5. The van der Waals surface area contributed by atoms with Crippen LogP contribution in [0, 0.1) is 11.8 Å². The molecule has 446 valence electrons. The molecule has 4 heterocycles. The van der Waals surface area contributed by atoms with Gasteiger partial charge in [-0.1, -0.05) is 67.1 Å². The molecule has 0 unspecified atom stereocenters. The lowest BCUT2D eigenvalue weighted by Crippen LogP contribution is -2.58. The maximum Gasteiger partial charge on any atom is 0.253 e. The number of anilines is 2. The minimum absolute atomic E-state index is 0.135. The van der Waals surface area contributed by atoms with Crippen LogP contribution in [0.5, 0.6) is 0 Å². The number of aliphatic hydroxyl groups is 2. The molecule has 4 saturated heterocycles. The smallest absolute Gasteiger partial charge is 0.253 e. The second-order valence-corrected chi connectivity index (χ2v) is 22.3. The molecule has 4 fully saturated rings. The maximum atomic E-state index is 14.1. The zero-order valence-electron chi connectivity index (χ0n) is 47.5. The molecule has 0 aliphatic carbocycles. The van der Waals surface area contributed by atoms with Crippen LogP contribution in [0.4, 0.5) is 11.4 Å². The van der Waals surface area contributed by atoms with E-state index in [2.05, 4.69) is 47.9 Å². The predicted molar refractivity (Wildman–Crippen MR) is 307 cm³/mol. The number of carbonyl (C=O) groups is 8. The van der Waals surface area contributed by atoms with Crippen LogP contribution in [0.1, 0.15) is 127 Å². The van der Waals surface area contributed by atoms with Crippen molar-refractivity contribution in [3.05, 3.63) is 92.2 Å². The van der Waals surface area contributed by atoms with Gasteiger partial charge in [0.2, 0.25) is 41.4 Å². The minimum atomic E-state index is -1.08. The van der Waals surface area contributed by atoms with Gasteiger partial charge in [0.05, 0.1) is 12.1 Å². The Balaban J connectivity index is 0.852. The second-order valence-electron chi connectivity index (χ2n) is 22.3. The van der Waals surface area contributed by atoms with Crippen LogP contribution in [0.25, 0.3) is 0 Å². The normalized spacial score (nSPS) is 23.9. The fraction of sp³-hybridized carbons (Fsp3) is 0.593. The molecule has 4 aliphatic rings. The lowest BCUT2D eigenvalue weighted by atomic mass is 9.93. The van der Waals surface area contributed by atoms with Crippen LogP contribution in [0.2, 0.25) is 0 Å². The Morgan fingerprint density at radius 2 is 0.939 bits per heavy atom. The van der Waals surface area contributed by atoms with E-state index in [0.29, 0.717) is 108 Å². The van der Waals surface area contributed by atoms with Crippen LogP contribution in [-0.2, 0) is 38.4 Å². The monoisotopic (exact) mass is 1140 g/mol. The molecular weight excluding hydrogens is 1050 g/mol. The van der Waals surface area contributed by atoms with Crippen molar-refractivity contribution in [3.8, 4) is 0 Å². The lowest BCUT2D eigenvalue weighted by molar-refractivity contribution is -0.144. The Kier molecular flexibility index (Phi) is 22.7. The van der Waals surface area contributed by atoms with E-state index in [-0.39, 0.29) is 55.4 Å². The van der Waals surface area contributed by atoms with Crippen molar-refractivity contribution >= 4 is 58.5 Å². The minimum Gasteiger partial charge on any atom is -0.396 e. The van der Waals surface area contributed by atoms with Gasteiger partial charge in [-0.2, -0.15) is 0 Å². The summed E-state index contributed by atoms with van der Waals surface area (Å²) in [6, 6.07) is 10.1. The number of carbonyl (C=O) groups excluding carboxylic acids is 8. The van der Waals surface area contributed by atoms with Crippen LogP contribution in [-0.4, -0.2) is 162 Å². The van der Waals surface area contributed by atoms with Crippen molar-refractivity contribution in [2.45, 2.75) is 164 Å². The number of Topliss-reactive ketones (excluding diaryl/α,β-unsaturated/α-hetero) is 1. The Labute approximate surface area is 478 Å². The third-order valence-corrected chi connectivity index (χ3v) is 17.0. The number of benzene rings is 2. The van der Waals surface area contributed by atoms with Gasteiger partial charge in [-0.15, -0.1) is 0 Å². The number of likely N-dealkylation sites (N-methyl/N-ethyl adjacent to an activating group) is 2. The number of hydrogen-bond acceptors (Lipinski definition) is 16. The van der Waals surface area contributed by atoms with Gasteiger partial charge >= 0.3 is 0 Å². The average molecular weight is 1140 g/mol. The third kappa shape index (κ3) is 14.9. The molecule has 3 aromatic carbocycles. The molecule has 0 aromatic heterocycles. The van der Waals surface area contributed by atoms with Gasteiger partial charge in [0, 0.05) is 63.2 Å². The van der Waals surface area contributed by atoms with E-state index in [0.717, 1.165) is 0 Å². The van der Waals surface area contributed by atoms with Crippen LogP contribution < -0.4 is 58.7 Å². The van der Waals surface area contributed by atoms with Gasteiger partial charge in [0.1, 0.15) is 47.6 Å². The first-order valence-electron chi connectivity index (χ1n) is 29.2. The highest BCUT2D eigenvalue weighted by atomic mass is 16.3. The average Bonchev–Trinajstić information content (AvgIpc) is 4.16. The number of nitrogens with zero attached hydrogens (tertiary/aromatic N) is 2. The number of rotatable bonds is 29. The summed E-state index contributed by atoms with van der Waals surface area (Å²) in [4.78, 5) is 138. The van der Waals surface area contributed by atoms with Crippen molar-refractivity contribution < 1.29 is 48.6 Å². The molecule has 7 rings (SSSR count). The number of aliphatic hydroxyl groups excluding tert-OH is 2. The molecule has 0 radical (unpaired) electrons. The molecule has 23 heteroatoms. The molecule has 11 N–H and O–H groups in total.